The summed E-state index contributed by atoms with van der Waals surface area (Å²) in [5, 5.41) is 3.11. The van der Waals surface area contributed by atoms with E-state index in [1.165, 1.54) is 10.6 Å². The Kier molecular flexibility index (Phi) is 10.2. The molecular formula is C28H38BrN3O4S. The van der Waals surface area contributed by atoms with Crippen LogP contribution in [-0.2, 0) is 26.2 Å². The number of carbonyl (C=O) groups is 2. The Bertz CT molecular complexity index is 1210. The third kappa shape index (κ3) is 8.30. The predicted molar refractivity (Wildman–Crippen MR) is 152 cm³/mol. The van der Waals surface area contributed by atoms with Gasteiger partial charge in [-0.2, -0.15) is 0 Å². The van der Waals surface area contributed by atoms with Crippen LogP contribution in [0.3, 0.4) is 0 Å². The van der Waals surface area contributed by atoms with E-state index in [0.29, 0.717) is 18.7 Å². The molecule has 1 fully saturated rings. The molecule has 9 heteroatoms. The largest absolute Gasteiger partial charge is 0.352 e. The standard InChI is InChI=1S/C28H38BrN3O4S/c1-20-14-15-26(17-21(20)2)32(37(4,35)36)16-8-13-27(33)31(19-23-9-7-10-24(29)18-23)22(3)28(34)30-25-11-5-6-12-25/h7,9-10,14-15,17-18,22,25H,5-6,8,11-13,16,19H2,1-4H3,(H,30,34)/t22-/m0/s1. The first kappa shape index (κ1) is 29.2. The lowest BCUT2D eigenvalue weighted by molar-refractivity contribution is -0.141. The molecule has 3 rings (SSSR count). The number of carbonyl (C=O) groups excluding carboxylic acids is 2. The minimum Gasteiger partial charge on any atom is -0.352 e. The maximum absolute atomic E-state index is 13.4. The number of hydrogen-bond donors (Lipinski definition) is 1. The Morgan fingerprint density at radius 2 is 1.78 bits per heavy atom. The summed E-state index contributed by atoms with van der Waals surface area (Å²) in [4.78, 5) is 28.1. The van der Waals surface area contributed by atoms with Crippen molar-refractivity contribution in [2.24, 2.45) is 0 Å². The fourth-order valence-electron chi connectivity index (χ4n) is 4.69. The van der Waals surface area contributed by atoms with Crippen molar-refractivity contribution in [1.29, 1.82) is 0 Å². The lowest BCUT2D eigenvalue weighted by Crippen LogP contribution is -2.49. The molecular weight excluding hydrogens is 554 g/mol. The molecule has 0 aromatic heterocycles. The normalized spacial score (nSPS) is 14.8. The molecule has 1 aliphatic rings. The summed E-state index contributed by atoms with van der Waals surface area (Å²) >= 11 is 3.48. The van der Waals surface area contributed by atoms with Gasteiger partial charge in [-0.05, 0) is 81.0 Å². The first-order valence-electron chi connectivity index (χ1n) is 12.8. The van der Waals surface area contributed by atoms with Crippen molar-refractivity contribution in [3.63, 3.8) is 0 Å². The fraction of sp³-hybridized carbons (Fsp3) is 0.500. The van der Waals surface area contributed by atoms with Gasteiger partial charge in [-0.15, -0.1) is 0 Å². The van der Waals surface area contributed by atoms with Gasteiger partial charge in [-0.1, -0.05) is 47.0 Å². The van der Waals surface area contributed by atoms with Crippen molar-refractivity contribution in [1.82, 2.24) is 10.2 Å². The molecule has 7 nitrogen and oxygen atoms in total. The average Bonchev–Trinajstić information content (AvgIpc) is 3.34. The number of rotatable bonds is 11. The lowest BCUT2D eigenvalue weighted by Gasteiger charge is -2.30. The van der Waals surface area contributed by atoms with Gasteiger partial charge in [-0.3, -0.25) is 13.9 Å². The van der Waals surface area contributed by atoms with Gasteiger partial charge >= 0.3 is 0 Å². The summed E-state index contributed by atoms with van der Waals surface area (Å²) in [7, 11) is -3.52. The van der Waals surface area contributed by atoms with E-state index in [2.05, 4.69) is 21.2 Å². The molecule has 0 unspecified atom stereocenters. The van der Waals surface area contributed by atoms with Crippen LogP contribution in [0, 0.1) is 13.8 Å². The fourth-order valence-corrected chi connectivity index (χ4v) is 6.10. The second kappa shape index (κ2) is 12.9. The lowest BCUT2D eigenvalue weighted by atomic mass is 10.1. The number of aryl methyl sites for hydroxylation is 2. The maximum Gasteiger partial charge on any atom is 0.242 e. The molecule has 0 heterocycles. The van der Waals surface area contributed by atoms with Crippen LogP contribution in [0.25, 0.3) is 0 Å². The minimum absolute atomic E-state index is 0.131. The van der Waals surface area contributed by atoms with E-state index in [1.807, 2.05) is 50.2 Å². The monoisotopic (exact) mass is 591 g/mol. The number of nitrogens with zero attached hydrogens (tertiary/aromatic N) is 2. The highest BCUT2D eigenvalue weighted by molar-refractivity contribution is 9.10. The molecule has 2 aromatic rings. The minimum atomic E-state index is -3.52. The first-order valence-corrected chi connectivity index (χ1v) is 15.5. The number of sulfonamides is 1. The summed E-state index contributed by atoms with van der Waals surface area (Å²) in [6.45, 7) is 6.16. The van der Waals surface area contributed by atoms with Crippen LogP contribution in [0.4, 0.5) is 5.69 Å². The van der Waals surface area contributed by atoms with E-state index in [0.717, 1.165) is 46.8 Å². The second-order valence-electron chi connectivity index (χ2n) is 10.0. The van der Waals surface area contributed by atoms with Crippen molar-refractivity contribution >= 4 is 43.5 Å². The number of halogens is 1. The third-order valence-corrected chi connectivity index (χ3v) is 8.73. The van der Waals surface area contributed by atoms with Gasteiger partial charge in [0.05, 0.1) is 11.9 Å². The van der Waals surface area contributed by atoms with Gasteiger partial charge in [0.1, 0.15) is 6.04 Å². The SMILES string of the molecule is Cc1ccc(N(CCCC(=O)N(Cc2cccc(Br)c2)[C@@H](C)C(=O)NC2CCCC2)S(C)(=O)=O)cc1C. The molecule has 0 aliphatic heterocycles. The Labute approximate surface area is 229 Å². The predicted octanol–water partition coefficient (Wildman–Crippen LogP) is 5.09. The van der Waals surface area contributed by atoms with Crippen LogP contribution >= 0.6 is 15.9 Å². The smallest absolute Gasteiger partial charge is 0.242 e. The van der Waals surface area contributed by atoms with Gasteiger partial charge in [0.25, 0.3) is 0 Å². The topological polar surface area (TPSA) is 86.8 Å². The van der Waals surface area contributed by atoms with E-state index < -0.39 is 16.1 Å². The molecule has 1 aliphatic carbocycles. The zero-order chi connectivity index (χ0) is 27.2. The van der Waals surface area contributed by atoms with Crippen molar-refractivity contribution in [2.75, 3.05) is 17.1 Å². The van der Waals surface area contributed by atoms with E-state index in [4.69, 9.17) is 0 Å². The molecule has 0 bridgehead atoms. The number of benzene rings is 2. The molecule has 37 heavy (non-hydrogen) atoms. The first-order chi connectivity index (χ1) is 17.5. The Balaban J connectivity index is 1.73. The second-order valence-corrected chi connectivity index (χ2v) is 12.8. The highest BCUT2D eigenvalue weighted by Gasteiger charge is 2.28. The van der Waals surface area contributed by atoms with Crippen LogP contribution in [0.2, 0.25) is 0 Å². The van der Waals surface area contributed by atoms with Crippen LogP contribution < -0.4 is 9.62 Å². The number of anilines is 1. The molecule has 0 saturated heterocycles. The van der Waals surface area contributed by atoms with E-state index in [9.17, 15) is 18.0 Å². The van der Waals surface area contributed by atoms with Crippen LogP contribution in [-0.4, -0.2) is 50.0 Å². The molecule has 1 saturated carbocycles. The molecule has 1 atom stereocenters. The summed E-state index contributed by atoms with van der Waals surface area (Å²) < 4.78 is 27.3. The Morgan fingerprint density at radius 3 is 2.41 bits per heavy atom. The van der Waals surface area contributed by atoms with Crippen molar-refractivity contribution < 1.29 is 18.0 Å². The quantitative estimate of drug-likeness (QED) is 0.394. The van der Waals surface area contributed by atoms with Gasteiger partial charge < -0.3 is 10.2 Å². The van der Waals surface area contributed by atoms with Crippen LogP contribution in [0.15, 0.2) is 46.9 Å². The Hall–Kier alpha value is -2.39. The number of nitrogens with one attached hydrogen (secondary N) is 1. The van der Waals surface area contributed by atoms with E-state index in [-0.39, 0.29) is 30.8 Å². The van der Waals surface area contributed by atoms with E-state index in [1.54, 1.807) is 17.9 Å². The van der Waals surface area contributed by atoms with Crippen LogP contribution in [0.1, 0.15) is 62.1 Å². The average molecular weight is 593 g/mol. The summed E-state index contributed by atoms with van der Waals surface area (Å²) in [6, 6.07) is 12.8. The maximum atomic E-state index is 13.4. The summed E-state index contributed by atoms with van der Waals surface area (Å²) in [5.41, 5.74) is 3.59. The van der Waals surface area contributed by atoms with Crippen molar-refractivity contribution in [3.8, 4) is 0 Å². The number of amides is 2. The zero-order valence-electron chi connectivity index (χ0n) is 22.2. The molecule has 0 radical (unpaired) electrons. The number of hydrogen-bond acceptors (Lipinski definition) is 4. The molecule has 202 valence electrons. The molecule has 2 aromatic carbocycles. The van der Waals surface area contributed by atoms with Crippen molar-refractivity contribution in [3.05, 3.63) is 63.6 Å². The van der Waals surface area contributed by atoms with Crippen molar-refractivity contribution in [2.45, 2.75) is 77.9 Å². The Morgan fingerprint density at radius 1 is 1.08 bits per heavy atom. The van der Waals surface area contributed by atoms with Gasteiger partial charge in [0.2, 0.25) is 21.8 Å². The molecule has 0 spiro atoms. The summed E-state index contributed by atoms with van der Waals surface area (Å²) in [5.74, 6) is -0.328. The molecule has 1 N–H and O–H groups in total. The zero-order valence-corrected chi connectivity index (χ0v) is 24.6. The van der Waals surface area contributed by atoms with Gasteiger partial charge in [0, 0.05) is 30.0 Å². The third-order valence-electron chi connectivity index (χ3n) is 7.04. The van der Waals surface area contributed by atoms with Crippen LogP contribution in [0.5, 0.6) is 0 Å². The van der Waals surface area contributed by atoms with E-state index >= 15 is 0 Å². The molecule has 2 amide bonds. The highest BCUT2D eigenvalue weighted by atomic mass is 79.9. The highest BCUT2D eigenvalue weighted by Crippen LogP contribution is 2.23. The summed E-state index contributed by atoms with van der Waals surface area (Å²) in [6.07, 6.45) is 5.81. The van der Waals surface area contributed by atoms with Gasteiger partial charge in [-0.25, -0.2) is 8.42 Å². The van der Waals surface area contributed by atoms with Gasteiger partial charge in [0.15, 0.2) is 0 Å².